The molecule has 2 heteroatoms. The molecule has 0 unspecified atom stereocenters. The summed E-state index contributed by atoms with van der Waals surface area (Å²) in [6, 6.07) is 46.4. The van der Waals surface area contributed by atoms with E-state index in [1.807, 2.05) is 6.07 Å². The molecular formula is C49H43NO. The molecule has 0 atom stereocenters. The van der Waals surface area contributed by atoms with E-state index in [1.165, 1.54) is 120 Å². The fraction of sp³-hybridized carbons (Fsp3) is 0.265. The molecule has 1 spiro atoms. The zero-order valence-corrected chi connectivity index (χ0v) is 29.2. The normalized spacial score (nSPS) is 17.8. The highest BCUT2D eigenvalue weighted by molar-refractivity contribution is 6.06. The molecule has 4 aliphatic carbocycles. The van der Waals surface area contributed by atoms with Crippen LogP contribution >= 0.6 is 0 Å². The smallest absolute Gasteiger partial charge is 0.137 e. The maximum absolute atomic E-state index is 6.28. The number of furan rings is 1. The summed E-state index contributed by atoms with van der Waals surface area (Å²) in [5.41, 5.74) is 18.1. The molecule has 0 bridgehead atoms. The van der Waals surface area contributed by atoms with Gasteiger partial charge in [0, 0.05) is 28.2 Å². The van der Waals surface area contributed by atoms with Gasteiger partial charge >= 0.3 is 0 Å². The van der Waals surface area contributed by atoms with Crippen molar-refractivity contribution in [3.63, 3.8) is 0 Å². The van der Waals surface area contributed by atoms with Crippen LogP contribution in [-0.2, 0) is 5.41 Å². The second-order valence-electron chi connectivity index (χ2n) is 15.8. The molecule has 7 aromatic rings. The van der Waals surface area contributed by atoms with Gasteiger partial charge in [0.05, 0.1) is 5.41 Å². The second-order valence-corrected chi connectivity index (χ2v) is 15.8. The lowest BCUT2D eigenvalue weighted by Gasteiger charge is -2.32. The van der Waals surface area contributed by atoms with Gasteiger partial charge in [0.25, 0.3) is 0 Å². The van der Waals surface area contributed by atoms with E-state index in [9.17, 15) is 0 Å². The van der Waals surface area contributed by atoms with Crippen molar-refractivity contribution in [1.82, 2.24) is 0 Å². The summed E-state index contributed by atoms with van der Waals surface area (Å²) >= 11 is 0. The van der Waals surface area contributed by atoms with Gasteiger partial charge in [0.1, 0.15) is 11.2 Å². The molecule has 0 amide bonds. The molecule has 1 N–H and O–H groups in total. The van der Waals surface area contributed by atoms with Gasteiger partial charge in [-0.3, -0.25) is 0 Å². The molecule has 250 valence electrons. The van der Waals surface area contributed by atoms with E-state index >= 15 is 0 Å². The predicted octanol–water partition coefficient (Wildman–Crippen LogP) is 13.8. The monoisotopic (exact) mass is 661 g/mol. The van der Waals surface area contributed by atoms with E-state index in [0.29, 0.717) is 11.8 Å². The molecule has 11 rings (SSSR count). The van der Waals surface area contributed by atoms with E-state index in [-0.39, 0.29) is 5.41 Å². The molecule has 1 heterocycles. The van der Waals surface area contributed by atoms with Gasteiger partial charge in [0.2, 0.25) is 0 Å². The van der Waals surface area contributed by atoms with Crippen LogP contribution in [0.2, 0.25) is 0 Å². The minimum Gasteiger partial charge on any atom is -0.456 e. The number of anilines is 2. The Balaban J connectivity index is 1.11. The van der Waals surface area contributed by atoms with Gasteiger partial charge in [-0.15, -0.1) is 0 Å². The fourth-order valence-electron chi connectivity index (χ4n) is 10.6. The predicted molar refractivity (Wildman–Crippen MR) is 211 cm³/mol. The molecular weight excluding hydrogens is 619 g/mol. The minimum absolute atomic E-state index is 0.355. The summed E-state index contributed by atoms with van der Waals surface area (Å²) < 4.78 is 6.28. The average molecular weight is 662 g/mol. The van der Waals surface area contributed by atoms with Crippen molar-refractivity contribution in [2.75, 3.05) is 5.32 Å². The van der Waals surface area contributed by atoms with Crippen LogP contribution in [0, 0.1) is 0 Å². The Morgan fingerprint density at radius 3 is 1.67 bits per heavy atom. The van der Waals surface area contributed by atoms with Crippen molar-refractivity contribution in [2.45, 2.75) is 81.5 Å². The van der Waals surface area contributed by atoms with E-state index in [4.69, 9.17) is 4.42 Å². The van der Waals surface area contributed by atoms with Gasteiger partial charge in [0.15, 0.2) is 0 Å². The summed E-state index contributed by atoms with van der Waals surface area (Å²) in [5, 5.41) is 6.13. The number of nitrogens with one attached hydrogen (secondary N) is 1. The van der Waals surface area contributed by atoms with E-state index < -0.39 is 0 Å². The first kappa shape index (κ1) is 29.6. The first-order valence-electron chi connectivity index (χ1n) is 19.5. The number of para-hydroxylation sites is 1. The van der Waals surface area contributed by atoms with Crippen molar-refractivity contribution in [1.29, 1.82) is 0 Å². The van der Waals surface area contributed by atoms with Crippen LogP contribution in [0.5, 0.6) is 0 Å². The molecule has 6 aromatic carbocycles. The third-order valence-corrected chi connectivity index (χ3v) is 13.1. The van der Waals surface area contributed by atoms with Crippen molar-refractivity contribution < 1.29 is 4.42 Å². The van der Waals surface area contributed by atoms with Crippen LogP contribution < -0.4 is 5.32 Å². The number of hydrogen-bond acceptors (Lipinski definition) is 2. The Morgan fingerprint density at radius 2 is 0.961 bits per heavy atom. The summed E-state index contributed by atoms with van der Waals surface area (Å²) in [5.74, 6) is 1.31. The molecule has 1 aromatic heterocycles. The first-order valence-corrected chi connectivity index (χ1v) is 19.5. The third kappa shape index (κ3) is 4.41. The van der Waals surface area contributed by atoms with Crippen LogP contribution in [0.3, 0.4) is 0 Å². The number of hydrogen-bond donors (Lipinski definition) is 1. The minimum atomic E-state index is -0.355. The highest BCUT2D eigenvalue weighted by Crippen LogP contribution is 2.64. The first-order chi connectivity index (χ1) is 25.3. The summed E-state index contributed by atoms with van der Waals surface area (Å²) in [7, 11) is 0. The Kier molecular flexibility index (Phi) is 6.66. The molecule has 0 saturated heterocycles. The lowest BCUT2D eigenvalue weighted by Crippen LogP contribution is -2.26. The fourth-order valence-corrected chi connectivity index (χ4v) is 10.6. The molecule has 2 nitrogen and oxygen atoms in total. The topological polar surface area (TPSA) is 25.2 Å². The third-order valence-electron chi connectivity index (χ3n) is 13.1. The highest BCUT2D eigenvalue weighted by Gasteiger charge is 2.52. The number of rotatable bonds is 4. The largest absolute Gasteiger partial charge is 0.456 e. The van der Waals surface area contributed by atoms with Crippen LogP contribution in [0.4, 0.5) is 11.4 Å². The van der Waals surface area contributed by atoms with Gasteiger partial charge in [-0.05, 0) is 123 Å². The summed E-state index contributed by atoms with van der Waals surface area (Å²) in [4.78, 5) is 0. The van der Waals surface area contributed by atoms with Crippen LogP contribution in [0.1, 0.15) is 109 Å². The molecule has 4 aliphatic rings. The SMILES string of the molecule is c1ccc2c(c1)-c1ccc(Nc3ccc4c(c3)oc3ccccc34)cc1C21c2cc(C3CCCCC3)ccc2-c2ccc(C3CCCCC3)cc21. The van der Waals surface area contributed by atoms with Crippen molar-refractivity contribution in [3.8, 4) is 22.3 Å². The van der Waals surface area contributed by atoms with E-state index in [0.717, 1.165) is 33.3 Å². The number of benzene rings is 6. The quantitative estimate of drug-likeness (QED) is 0.203. The standard InChI is InChI=1S/C49H43NO/c1-3-11-31(12-4-1)33-19-23-38-39-24-20-34(32-13-5-2-6-14-32)28-45(39)49(44(38)27-33)43-17-9-7-15-37(43)40-25-21-35(29-46(40)49)50-36-22-26-42-41-16-8-10-18-47(41)51-48(42)30-36/h7-10,15-32,50H,1-6,11-14H2. The Bertz CT molecular complexity index is 2420. The highest BCUT2D eigenvalue weighted by atomic mass is 16.3. The lowest BCUT2D eigenvalue weighted by molar-refractivity contribution is 0.443. The maximum atomic E-state index is 6.28. The maximum Gasteiger partial charge on any atom is 0.137 e. The van der Waals surface area contributed by atoms with Gasteiger partial charge in [-0.2, -0.15) is 0 Å². The molecule has 0 aliphatic heterocycles. The van der Waals surface area contributed by atoms with Crippen LogP contribution in [0.25, 0.3) is 44.2 Å². The number of fused-ring (bicyclic) bond motifs is 13. The Morgan fingerprint density at radius 1 is 0.431 bits per heavy atom. The van der Waals surface area contributed by atoms with Crippen LogP contribution in [0.15, 0.2) is 126 Å². The molecule has 2 saturated carbocycles. The van der Waals surface area contributed by atoms with Crippen molar-refractivity contribution in [2.24, 2.45) is 0 Å². The van der Waals surface area contributed by atoms with E-state index in [1.54, 1.807) is 0 Å². The molecule has 51 heavy (non-hydrogen) atoms. The zero-order valence-electron chi connectivity index (χ0n) is 29.2. The van der Waals surface area contributed by atoms with Gasteiger partial charge in [-0.25, -0.2) is 0 Å². The summed E-state index contributed by atoms with van der Waals surface area (Å²) in [6.45, 7) is 0. The zero-order chi connectivity index (χ0) is 33.5. The van der Waals surface area contributed by atoms with Gasteiger partial charge < -0.3 is 9.73 Å². The van der Waals surface area contributed by atoms with Crippen molar-refractivity contribution in [3.05, 3.63) is 155 Å². The average Bonchev–Trinajstić information content (AvgIpc) is 3.81. The van der Waals surface area contributed by atoms with Crippen LogP contribution in [-0.4, -0.2) is 0 Å². The van der Waals surface area contributed by atoms with E-state index in [2.05, 4.69) is 121 Å². The second kappa shape index (κ2) is 11.5. The van der Waals surface area contributed by atoms with Gasteiger partial charge in [-0.1, -0.05) is 123 Å². The lowest BCUT2D eigenvalue weighted by atomic mass is 9.69. The molecule has 2 fully saturated rings. The Hall–Kier alpha value is -5.08. The molecule has 0 radical (unpaired) electrons. The Labute approximate surface area is 300 Å². The van der Waals surface area contributed by atoms with Crippen molar-refractivity contribution >= 4 is 33.3 Å². The summed E-state index contributed by atoms with van der Waals surface area (Å²) in [6.07, 6.45) is 13.4.